The number of nitrogens with two attached hydrogens (primary N) is 1. The molecule has 2 rings (SSSR count). The lowest BCUT2D eigenvalue weighted by molar-refractivity contribution is -0.180. The zero-order valence-electron chi connectivity index (χ0n) is 13.1. The number of likely N-dealkylation sites (tertiary alicyclic amines) is 1. The third-order valence-corrected chi connectivity index (χ3v) is 4.66. The molecular weight excluding hydrogens is 278 g/mol. The van der Waals surface area contributed by atoms with E-state index in [4.69, 9.17) is 10.5 Å². The van der Waals surface area contributed by atoms with Crippen LogP contribution in [0.15, 0.2) is 0 Å². The molecule has 1 spiro atoms. The third-order valence-electron chi connectivity index (χ3n) is 4.66. The monoisotopic (exact) mass is 304 g/mol. The molecule has 0 atom stereocenters. The molecular formula is C15H26F2N2O2. The highest BCUT2D eigenvalue weighted by Gasteiger charge is 2.58. The molecule has 1 saturated heterocycles. The molecule has 21 heavy (non-hydrogen) atoms. The van der Waals surface area contributed by atoms with Gasteiger partial charge in [0.1, 0.15) is 5.60 Å². The molecule has 0 radical (unpaired) electrons. The summed E-state index contributed by atoms with van der Waals surface area (Å²) in [5, 5.41) is 0. The van der Waals surface area contributed by atoms with Crippen molar-refractivity contribution in [2.45, 2.75) is 70.4 Å². The van der Waals surface area contributed by atoms with Gasteiger partial charge in [0, 0.05) is 18.0 Å². The quantitative estimate of drug-likeness (QED) is 0.748. The van der Waals surface area contributed by atoms with Crippen LogP contribution in [0.3, 0.4) is 0 Å². The molecule has 1 amide bonds. The van der Waals surface area contributed by atoms with E-state index < -0.39 is 29.6 Å². The van der Waals surface area contributed by atoms with Crippen molar-refractivity contribution < 1.29 is 18.3 Å². The summed E-state index contributed by atoms with van der Waals surface area (Å²) >= 11 is 0. The number of halogens is 2. The van der Waals surface area contributed by atoms with E-state index >= 15 is 0 Å². The second-order valence-corrected chi connectivity index (χ2v) is 7.47. The summed E-state index contributed by atoms with van der Waals surface area (Å²) in [6.45, 7) is 4.99. The maximum atomic E-state index is 14.6. The minimum atomic E-state index is -2.87. The summed E-state index contributed by atoms with van der Waals surface area (Å²) in [4.78, 5) is 13.1. The first kappa shape index (κ1) is 16.5. The van der Waals surface area contributed by atoms with Crippen molar-refractivity contribution in [3.63, 3.8) is 0 Å². The smallest absolute Gasteiger partial charge is 0.410 e. The molecule has 0 aromatic heterocycles. The largest absolute Gasteiger partial charge is 0.444 e. The topological polar surface area (TPSA) is 55.6 Å². The molecule has 0 unspecified atom stereocenters. The molecule has 4 nitrogen and oxygen atoms in total. The first-order valence-electron chi connectivity index (χ1n) is 7.66. The Balaban J connectivity index is 2.04. The Kier molecular flexibility index (Phi) is 4.21. The Bertz CT molecular complexity index is 399. The van der Waals surface area contributed by atoms with E-state index in [1.165, 1.54) is 0 Å². The van der Waals surface area contributed by atoms with Crippen LogP contribution in [0.5, 0.6) is 0 Å². The number of carbonyl (C=O) groups is 1. The summed E-state index contributed by atoms with van der Waals surface area (Å²) in [5.41, 5.74) is 4.18. The molecule has 0 aromatic rings. The van der Waals surface area contributed by atoms with Gasteiger partial charge in [-0.05, 0) is 52.9 Å². The van der Waals surface area contributed by atoms with Crippen molar-refractivity contribution in [1.82, 2.24) is 4.90 Å². The Morgan fingerprint density at radius 3 is 2.29 bits per heavy atom. The lowest BCUT2D eigenvalue weighted by Crippen LogP contribution is -2.59. The molecule has 1 heterocycles. The molecule has 1 aliphatic heterocycles. The van der Waals surface area contributed by atoms with Crippen molar-refractivity contribution >= 4 is 6.09 Å². The standard InChI is InChI=1S/C15H26F2N2O2/c1-13(2,3)21-12(20)19-9-8-14(15(16,17)10-19)6-4-11(18)5-7-14/h11H,4-10,18H2,1-3H3. The van der Waals surface area contributed by atoms with Gasteiger partial charge in [0.2, 0.25) is 0 Å². The minimum absolute atomic E-state index is 0.0373. The van der Waals surface area contributed by atoms with Crippen molar-refractivity contribution in [1.29, 1.82) is 0 Å². The summed E-state index contributed by atoms with van der Waals surface area (Å²) in [7, 11) is 0. The minimum Gasteiger partial charge on any atom is -0.444 e. The van der Waals surface area contributed by atoms with E-state index in [2.05, 4.69) is 0 Å². The Hall–Kier alpha value is -0.910. The van der Waals surface area contributed by atoms with Crippen LogP contribution in [0.1, 0.15) is 52.9 Å². The third kappa shape index (κ3) is 3.47. The number of alkyl halides is 2. The van der Waals surface area contributed by atoms with E-state index in [1.54, 1.807) is 20.8 Å². The zero-order valence-corrected chi connectivity index (χ0v) is 13.1. The van der Waals surface area contributed by atoms with E-state index in [9.17, 15) is 13.6 Å². The number of ether oxygens (including phenoxy) is 1. The first-order chi connectivity index (χ1) is 9.55. The van der Waals surface area contributed by atoms with Crippen molar-refractivity contribution in [2.75, 3.05) is 13.1 Å². The van der Waals surface area contributed by atoms with E-state index in [1.807, 2.05) is 0 Å². The fraction of sp³-hybridized carbons (Fsp3) is 0.933. The maximum Gasteiger partial charge on any atom is 0.410 e. The van der Waals surface area contributed by atoms with Crippen LogP contribution in [0, 0.1) is 5.41 Å². The molecule has 2 aliphatic rings. The van der Waals surface area contributed by atoms with Crippen LogP contribution in [-0.4, -0.2) is 41.6 Å². The maximum absolute atomic E-state index is 14.6. The van der Waals surface area contributed by atoms with Crippen LogP contribution in [-0.2, 0) is 4.74 Å². The predicted octanol–water partition coefficient (Wildman–Crippen LogP) is 3.15. The second-order valence-electron chi connectivity index (χ2n) is 7.47. The lowest BCUT2D eigenvalue weighted by Gasteiger charge is -2.50. The molecule has 0 aromatic carbocycles. The number of piperidine rings is 1. The molecule has 1 saturated carbocycles. The van der Waals surface area contributed by atoms with Crippen LogP contribution in [0.2, 0.25) is 0 Å². The van der Waals surface area contributed by atoms with Crippen LogP contribution in [0.4, 0.5) is 13.6 Å². The zero-order chi connectivity index (χ0) is 15.9. The fourth-order valence-electron chi connectivity index (χ4n) is 3.31. The van der Waals surface area contributed by atoms with Gasteiger partial charge in [0.05, 0.1) is 6.54 Å². The first-order valence-corrected chi connectivity index (χ1v) is 7.66. The number of amides is 1. The summed E-state index contributed by atoms with van der Waals surface area (Å²) in [5.74, 6) is -2.87. The molecule has 6 heteroatoms. The van der Waals surface area contributed by atoms with Gasteiger partial charge in [-0.15, -0.1) is 0 Å². The van der Waals surface area contributed by atoms with Gasteiger partial charge in [-0.1, -0.05) is 0 Å². The lowest BCUT2D eigenvalue weighted by atomic mass is 9.65. The van der Waals surface area contributed by atoms with E-state index in [0.717, 1.165) is 4.90 Å². The number of hydrogen-bond donors (Lipinski definition) is 1. The Labute approximate surface area is 125 Å². The molecule has 0 bridgehead atoms. The van der Waals surface area contributed by atoms with Crippen LogP contribution in [0.25, 0.3) is 0 Å². The number of hydrogen-bond acceptors (Lipinski definition) is 3. The molecule has 2 fully saturated rings. The van der Waals surface area contributed by atoms with Gasteiger partial charge in [-0.3, -0.25) is 0 Å². The van der Waals surface area contributed by atoms with Gasteiger partial charge in [0.15, 0.2) is 0 Å². The normalized spacial score (nSPS) is 33.0. The Morgan fingerprint density at radius 2 is 1.81 bits per heavy atom. The highest BCUT2D eigenvalue weighted by atomic mass is 19.3. The number of nitrogens with zero attached hydrogens (tertiary/aromatic N) is 1. The summed E-state index contributed by atoms with van der Waals surface area (Å²) in [6.07, 6.45) is 1.85. The highest BCUT2D eigenvalue weighted by molar-refractivity contribution is 5.68. The molecule has 1 aliphatic carbocycles. The average molecular weight is 304 g/mol. The summed E-state index contributed by atoms with van der Waals surface area (Å²) in [6, 6.07) is 0.0373. The van der Waals surface area contributed by atoms with Crippen molar-refractivity contribution in [3.8, 4) is 0 Å². The highest BCUT2D eigenvalue weighted by Crippen LogP contribution is 2.52. The van der Waals surface area contributed by atoms with Gasteiger partial charge in [0.25, 0.3) is 5.92 Å². The van der Waals surface area contributed by atoms with Crippen molar-refractivity contribution in [3.05, 3.63) is 0 Å². The van der Waals surface area contributed by atoms with Gasteiger partial charge in [-0.2, -0.15) is 0 Å². The van der Waals surface area contributed by atoms with Gasteiger partial charge in [-0.25, -0.2) is 13.6 Å². The number of rotatable bonds is 0. The SMILES string of the molecule is CC(C)(C)OC(=O)N1CCC2(CCC(N)CC2)C(F)(F)C1. The van der Waals surface area contributed by atoms with E-state index in [0.29, 0.717) is 38.6 Å². The molecule has 2 N–H and O–H groups in total. The van der Waals surface area contributed by atoms with Gasteiger partial charge >= 0.3 is 6.09 Å². The predicted molar refractivity (Wildman–Crippen MR) is 76.2 cm³/mol. The van der Waals surface area contributed by atoms with Crippen molar-refractivity contribution in [2.24, 2.45) is 11.1 Å². The summed E-state index contributed by atoms with van der Waals surface area (Å²) < 4.78 is 34.4. The van der Waals surface area contributed by atoms with Crippen LogP contribution < -0.4 is 5.73 Å². The van der Waals surface area contributed by atoms with Gasteiger partial charge < -0.3 is 15.4 Å². The van der Waals surface area contributed by atoms with Crippen LogP contribution >= 0.6 is 0 Å². The Morgan fingerprint density at radius 1 is 1.24 bits per heavy atom. The molecule has 122 valence electrons. The fourth-order valence-corrected chi connectivity index (χ4v) is 3.31. The second kappa shape index (κ2) is 5.38. The van der Waals surface area contributed by atoms with E-state index in [-0.39, 0.29) is 6.04 Å². The average Bonchev–Trinajstić information content (AvgIpc) is 2.33. The number of carbonyl (C=O) groups excluding carboxylic acids is 1.